The van der Waals surface area contributed by atoms with Gasteiger partial charge in [-0.3, -0.25) is 0 Å². The van der Waals surface area contributed by atoms with Gasteiger partial charge in [0.2, 0.25) is 0 Å². The molecule has 0 bridgehead atoms. The first-order valence-corrected chi connectivity index (χ1v) is 4.34. The Labute approximate surface area is 72.6 Å². The second-order valence-corrected chi connectivity index (χ2v) is 3.46. The van der Waals surface area contributed by atoms with Crippen LogP contribution in [0.4, 0.5) is 4.79 Å². The predicted octanol–water partition coefficient (Wildman–Crippen LogP) is 0.596. The van der Waals surface area contributed by atoms with Crippen LogP contribution in [0.3, 0.4) is 0 Å². The van der Waals surface area contributed by atoms with Crippen molar-refractivity contribution < 1.29 is 9.90 Å². The Morgan fingerprint density at radius 2 is 2.50 bits per heavy atom. The third kappa shape index (κ3) is 3.09. The van der Waals surface area contributed by atoms with Crippen molar-refractivity contribution in [3.63, 3.8) is 0 Å². The monoisotopic (exact) mass is 172 g/mol. The van der Waals surface area contributed by atoms with Crippen LogP contribution in [0.2, 0.25) is 0 Å². The Kier molecular flexibility index (Phi) is 3.34. The van der Waals surface area contributed by atoms with E-state index in [1.165, 1.54) is 6.42 Å². The van der Waals surface area contributed by atoms with Crippen molar-refractivity contribution in [3.8, 4) is 0 Å². The van der Waals surface area contributed by atoms with Gasteiger partial charge in [0.05, 0.1) is 0 Å². The molecule has 70 valence electrons. The van der Waals surface area contributed by atoms with Gasteiger partial charge in [0.1, 0.15) is 0 Å². The highest BCUT2D eigenvalue weighted by Crippen LogP contribution is 2.13. The number of carbonyl (C=O) groups is 1. The molecule has 12 heavy (non-hydrogen) atoms. The zero-order valence-electron chi connectivity index (χ0n) is 7.42. The molecule has 0 aromatic rings. The van der Waals surface area contributed by atoms with Crippen molar-refractivity contribution in [2.45, 2.75) is 12.8 Å². The van der Waals surface area contributed by atoms with E-state index in [9.17, 15) is 4.79 Å². The molecule has 1 heterocycles. The van der Waals surface area contributed by atoms with E-state index in [2.05, 4.69) is 17.3 Å². The van der Waals surface area contributed by atoms with Gasteiger partial charge in [-0.05, 0) is 32.4 Å². The molecule has 0 aromatic heterocycles. The van der Waals surface area contributed by atoms with E-state index in [0.717, 1.165) is 19.5 Å². The zero-order valence-corrected chi connectivity index (χ0v) is 7.42. The number of piperidine rings is 1. The maximum atomic E-state index is 10.2. The van der Waals surface area contributed by atoms with Crippen LogP contribution in [0.15, 0.2) is 0 Å². The SMILES string of the molecule is CN1CCCC(CNC(=O)O)C1. The van der Waals surface area contributed by atoms with Crippen LogP contribution in [-0.4, -0.2) is 42.8 Å². The van der Waals surface area contributed by atoms with Gasteiger partial charge >= 0.3 is 6.09 Å². The Bertz CT molecular complexity index is 161. The van der Waals surface area contributed by atoms with Gasteiger partial charge in [-0.15, -0.1) is 0 Å². The van der Waals surface area contributed by atoms with Gasteiger partial charge in [0.15, 0.2) is 0 Å². The summed E-state index contributed by atoms with van der Waals surface area (Å²) in [6.07, 6.45) is 1.41. The summed E-state index contributed by atoms with van der Waals surface area (Å²) in [4.78, 5) is 12.4. The average Bonchev–Trinajstić information content (AvgIpc) is 2.01. The lowest BCUT2D eigenvalue weighted by Crippen LogP contribution is -2.38. The summed E-state index contributed by atoms with van der Waals surface area (Å²) in [5, 5.41) is 10.8. The van der Waals surface area contributed by atoms with E-state index in [0.29, 0.717) is 12.5 Å². The van der Waals surface area contributed by atoms with Gasteiger partial charge in [-0.1, -0.05) is 0 Å². The van der Waals surface area contributed by atoms with Gasteiger partial charge in [0.25, 0.3) is 0 Å². The van der Waals surface area contributed by atoms with Crippen molar-refractivity contribution in [2.24, 2.45) is 5.92 Å². The summed E-state index contributed by atoms with van der Waals surface area (Å²) < 4.78 is 0. The van der Waals surface area contributed by atoms with Crippen LogP contribution in [0.25, 0.3) is 0 Å². The summed E-state index contributed by atoms with van der Waals surface area (Å²) in [5.74, 6) is 0.500. The number of hydrogen-bond acceptors (Lipinski definition) is 2. The first-order valence-electron chi connectivity index (χ1n) is 4.34. The highest BCUT2D eigenvalue weighted by Gasteiger charge is 2.17. The summed E-state index contributed by atoms with van der Waals surface area (Å²) in [6, 6.07) is 0. The van der Waals surface area contributed by atoms with E-state index < -0.39 is 6.09 Å². The molecular formula is C8H16N2O2. The topological polar surface area (TPSA) is 52.6 Å². The van der Waals surface area contributed by atoms with Crippen molar-refractivity contribution >= 4 is 6.09 Å². The third-order valence-electron chi connectivity index (χ3n) is 2.26. The molecule has 1 fully saturated rings. The lowest BCUT2D eigenvalue weighted by molar-refractivity contribution is 0.179. The van der Waals surface area contributed by atoms with Gasteiger partial charge in [-0.2, -0.15) is 0 Å². The zero-order chi connectivity index (χ0) is 8.97. The lowest BCUT2D eigenvalue weighted by Gasteiger charge is -2.29. The van der Waals surface area contributed by atoms with E-state index in [4.69, 9.17) is 5.11 Å². The molecule has 0 radical (unpaired) electrons. The van der Waals surface area contributed by atoms with Gasteiger partial charge < -0.3 is 15.3 Å². The van der Waals surface area contributed by atoms with Gasteiger partial charge in [-0.25, -0.2) is 4.79 Å². The van der Waals surface area contributed by atoms with Crippen LogP contribution in [0.5, 0.6) is 0 Å². The first kappa shape index (κ1) is 9.32. The molecule has 1 unspecified atom stereocenters. The number of likely N-dealkylation sites (tertiary alicyclic amines) is 1. The quantitative estimate of drug-likeness (QED) is 0.641. The standard InChI is InChI=1S/C8H16N2O2/c1-10-4-2-3-7(6-10)5-9-8(11)12/h7,9H,2-6H2,1H3,(H,11,12). The number of carboxylic acid groups (broad SMARTS) is 1. The summed E-state index contributed by atoms with van der Waals surface area (Å²) in [5.41, 5.74) is 0. The number of amides is 1. The minimum atomic E-state index is -0.914. The highest BCUT2D eigenvalue weighted by molar-refractivity contribution is 5.64. The molecule has 1 amide bonds. The van der Waals surface area contributed by atoms with E-state index in [-0.39, 0.29) is 0 Å². The maximum Gasteiger partial charge on any atom is 0.404 e. The number of nitrogens with one attached hydrogen (secondary N) is 1. The smallest absolute Gasteiger partial charge is 0.404 e. The second-order valence-electron chi connectivity index (χ2n) is 3.46. The van der Waals surface area contributed by atoms with Crippen molar-refractivity contribution in [2.75, 3.05) is 26.7 Å². The van der Waals surface area contributed by atoms with E-state index >= 15 is 0 Å². The molecule has 2 N–H and O–H groups in total. The van der Waals surface area contributed by atoms with Crippen molar-refractivity contribution in [1.82, 2.24) is 10.2 Å². The predicted molar refractivity (Wildman–Crippen MR) is 46.2 cm³/mol. The number of hydrogen-bond donors (Lipinski definition) is 2. The van der Waals surface area contributed by atoms with E-state index in [1.807, 2.05) is 0 Å². The maximum absolute atomic E-state index is 10.2. The van der Waals surface area contributed by atoms with Crippen molar-refractivity contribution in [3.05, 3.63) is 0 Å². The Morgan fingerprint density at radius 3 is 3.08 bits per heavy atom. The van der Waals surface area contributed by atoms with Crippen LogP contribution in [0, 0.1) is 5.92 Å². The third-order valence-corrected chi connectivity index (χ3v) is 2.26. The molecule has 0 saturated carbocycles. The second kappa shape index (κ2) is 4.30. The summed E-state index contributed by atoms with van der Waals surface area (Å²) >= 11 is 0. The fourth-order valence-corrected chi connectivity index (χ4v) is 1.67. The molecule has 0 aliphatic carbocycles. The first-order chi connectivity index (χ1) is 5.68. The normalized spacial score (nSPS) is 25.2. The minimum absolute atomic E-state index is 0.500. The van der Waals surface area contributed by atoms with Crippen LogP contribution in [-0.2, 0) is 0 Å². The Morgan fingerprint density at radius 1 is 1.75 bits per heavy atom. The number of nitrogens with zero attached hydrogens (tertiary/aromatic N) is 1. The summed E-state index contributed by atoms with van der Waals surface area (Å²) in [6.45, 7) is 2.75. The molecule has 1 atom stereocenters. The highest BCUT2D eigenvalue weighted by atomic mass is 16.4. The summed E-state index contributed by atoms with van der Waals surface area (Å²) in [7, 11) is 2.08. The largest absolute Gasteiger partial charge is 0.465 e. The lowest BCUT2D eigenvalue weighted by atomic mass is 9.99. The van der Waals surface area contributed by atoms with Gasteiger partial charge in [0, 0.05) is 13.1 Å². The molecule has 1 saturated heterocycles. The Balaban J connectivity index is 2.18. The molecule has 1 aliphatic rings. The van der Waals surface area contributed by atoms with Crippen LogP contribution >= 0.6 is 0 Å². The van der Waals surface area contributed by atoms with E-state index in [1.54, 1.807) is 0 Å². The fraction of sp³-hybridized carbons (Fsp3) is 0.875. The molecule has 4 heteroatoms. The molecular weight excluding hydrogens is 156 g/mol. The molecule has 0 aromatic carbocycles. The number of rotatable bonds is 2. The van der Waals surface area contributed by atoms with Crippen molar-refractivity contribution in [1.29, 1.82) is 0 Å². The molecule has 4 nitrogen and oxygen atoms in total. The Hall–Kier alpha value is -0.770. The molecule has 0 spiro atoms. The van der Waals surface area contributed by atoms with Crippen LogP contribution in [0.1, 0.15) is 12.8 Å². The van der Waals surface area contributed by atoms with Crippen LogP contribution < -0.4 is 5.32 Å². The molecule has 1 aliphatic heterocycles. The average molecular weight is 172 g/mol. The molecule has 1 rings (SSSR count). The minimum Gasteiger partial charge on any atom is -0.465 e. The fourth-order valence-electron chi connectivity index (χ4n) is 1.67.